The van der Waals surface area contributed by atoms with Crippen LogP contribution in [0.3, 0.4) is 0 Å². The van der Waals surface area contributed by atoms with Gasteiger partial charge in [0.15, 0.2) is 11.5 Å². The van der Waals surface area contributed by atoms with Crippen LogP contribution in [-0.2, 0) is 19.0 Å². The molecule has 200 valence electrons. The number of nitrogens with zero attached hydrogens (tertiary/aromatic N) is 3. The molecule has 1 aromatic carbocycles. The minimum absolute atomic E-state index is 0. The quantitative estimate of drug-likeness (QED) is 0.327. The number of carbonyl (C=O) groups is 2. The van der Waals surface area contributed by atoms with Gasteiger partial charge in [-0.25, -0.2) is 4.98 Å². The van der Waals surface area contributed by atoms with Gasteiger partial charge in [0.1, 0.15) is 0 Å². The maximum atomic E-state index is 13.3. The van der Waals surface area contributed by atoms with E-state index in [1.165, 1.54) is 24.4 Å². The lowest BCUT2D eigenvalue weighted by Gasteiger charge is -2.27. The molecule has 0 unspecified atom stereocenters. The lowest BCUT2D eigenvalue weighted by molar-refractivity contribution is -0.141. The average molecular weight is 564 g/mol. The van der Waals surface area contributed by atoms with Crippen molar-refractivity contribution in [2.24, 2.45) is 0 Å². The van der Waals surface area contributed by atoms with Crippen molar-refractivity contribution < 1.29 is 27.2 Å². The van der Waals surface area contributed by atoms with Crippen molar-refractivity contribution in [1.82, 2.24) is 30.4 Å². The van der Waals surface area contributed by atoms with E-state index in [0.717, 1.165) is 0 Å². The summed E-state index contributed by atoms with van der Waals surface area (Å²) < 4.78 is 52.7. The monoisotopic (exact) mass is 563 g/mol. The van der Waals surface area contributed by atoms with Crippen LogP contribution >= 0.6 is 24.0 Å². The fourth-order valence-corrected chi connectivity index (χ4v) is 4.14. The van der Waals surface area contributed by atoms with Crippen LogP contribution in [0.2, 0.25) is 5.02 Å². The molecule has 37 heavy (non-hydrogen) atoms. The molecule has 0 aliphatic carbocycles. The number of hydrogen-bond donors (Lipinski definition) is 4. The number of hydrogen-bond acceptors (Lipinski definition) is 5. The van der Waals surface area contributed by atoms with Gasteiger partial charge in [0.2, 0.25) is 0 Å². The van der Waals surface area contributed by atoms with Crippen molar-refractivity contribution in [2.75, 3.05) is 38.2 Å². The Morgan fingerprint density at radius 1 is 1.19 bits per heavy atom. The molecule has 4 rings (SSSR count). The van der Waals surface area contributed by atoms with Crippen LogP contribution < -0.4 is 10.6 Å². The molecule has 0 radical (unpaired) electrons. The largest absolute Gasteiger partial charge is 0.435 e. The molecule has 0 bridgehead atoms. The average Bonchev–Trinajstić information content (AvgIpc) is 3.47. The third-order valence-electron chi connectivity index (χ3n) is 5.64. The van der Waals surface area contributed by atoms with Crippen molar-refractivity contribution in [2.45, 2.75) is 19.0 Å². The second kappa shape index (κ2) is 11.9. The molecule has 0 saturated carbocycles. The van der Waals surface area contributed by atoms with Crippen LogP contribution in [0.1, 0.15) is 43.6 Å². The lowest BCUT2D eigenvalue weighted by atomic mass is 10.1. The van der Waals surface area contributed by atoms with Crippen molar-refractivity contribution in [3.63, 3.8) is 0 Å². The van der Waals surface area contributed by atoms with E-state index in [0.29, 0.717) is 37.4 Å². The number of halogens is 6. The zero-order valence-corrected chi connectivity index (χ0v) is 20.8. The normalized spacial score (nSPS) is 13.8. The number of nitrogens with one attached hydrogen (secondary N) is 4. The van der Waals surface area contributed by atoms with E-state index >= 15 is 0 Å². The van der Waals surface area contributed by atoms with Gasteiger partial charge in [-0.3, -0.25) is 19.1 Å². The maximum absolute atomic E-state index is 13.3. The van der Waals surface area contributed by atoms with Crippen molar-refractivity contribution >= 4 is 41.5 Å². The Bertz CT molecular complexity index is 1260. The third-order valence-corrected chi connectivity index (χ3v) is 5.95. The number of benzene rings is 1. The fourth-order valence-electron chi connectivity index (χ4n) is 3.88. The number of rotatable bonds is 7. The third kappa shape index (κ3) is 6.59. The first kappa shape index (κ1) is 28.4. The molecule has 3 aromatic rings. The summed E-state index contributed by atoms with van der Waals surface area (Å²) >= 11 is 6.28. The second-order valence-corrected chi connectivity index (χ2v) is 8.50. The van der Waals surface area contributed by atoms with Crippen molar-refractivity contribution in [3.8, 4) is 0 Å². The van der Waals surface area contributed by atoms with Gasteiger partial charge >= 0.3 is 6.18 Å². The van der Waals surface area contributed by atoms with Gasteiger partial charge in [0.05, 0.1) is 17.3 Å². The van der Waals surface area contributed by atoms with Gasteiger partial charge in [0, 0.05) is 67.9 Å². The Labute approximate surface area is 219 Å². The summed E-state index contributed by atoms with van der Waals surface area (Å²) in [4.78, 5) is 33.6. The van der Waals surface area contributed by atoms with Crippen LogP contribution in [-0.4, -0.2) is 69.7 Å². The number of imidazole rings is 1. The number of amides is 2. The van der Waals surface area contributed by atoms with E-state index in [1.807, 2.05) is 0 Å². The van der Waals surface area contributed by atoms with E-state index < -0.39 is 24.5 Å². The Hall–Kier alpha value is -3.16. The first-order valence-corrected chi connectivity index (χ1v) is 11.4. The van der Waals surface area contributed by atoms with Crippen LogP contribution in [0.15, 0.2) is 24.4 Å². The molecule has 4 N–H and O–H groups in total. The summed E-state index contributed by atoms with van der Waals surface area (Å²) in [5.41, 5.74) is -0.512. The number of H-pyrrole nitrogens is 2. The standard InChI is InChI=1S/C22H22ClF4N7O2.ClH/c23-16-10-12(1-2-14(16)21(36)34-7-5-28-6-8-34)31-20(35)19-29-11-13(30-19)9-15-17(3-4-24)32-33-18(15)22(25,26)27;/h1-2,10-11,28H,3-9H2,(H,29,30)(H,31,35)(H,32,33);1H. The van der Waals surface area contributed by atoms with Gasteiger partial charge in [-0.2, -0.15) is 18.3 Å². The molecule has 0 atom stereocenters. The summed E-state index contributed by atoms with van der Waals surface area (Å²) in [6.07, 6.45) is -4.04. The summed E-state index contributed by atoms with van der Waals surface area (Å²) in [6, 6.07) is 4.47. The SMILES string of the molecule is Cl.O=C(Nc1ccc(C(=O)N2CCNCC2)c(Cl)c1)c1ncc(Cc2c(C(F)(F)F)n[nH]c2CCF)[nH]1. The summed E-state index contributed by atoms with van der Waals surface area (Å²) in [5.74, 6) is -1.02. The minimum Gasteiger partial charge on any atom is -0.337 e. The predicted octanol–water partition coefficient (Wildman–Crippen LogP) is 3.63. The van der Waals surface area contributed by atoms with Crippen LogP contribution in [0, 0.1) is 0 Å². The number of aromatic amines is 2. The Morgan fingerprint density at radius 3 is 2.57 bits per heavy atom. The molecule has 1 aliphatic heterocycles. The second-order valence-electron chi connectivity index (χ2n) is 8.09. The van der Waals surface area contributed by atoms with Crippen LogP contribution in [0.4, 0.5) is 23.2 Å². The molecule has 3 heterocycles. The predicted molar refractivity (Wildman–Crippen MR) is 130 cm³/mol. The zero-order valence-electron chi connectivity index (χ0n) is 19.2. The van der Waals surface area contributed by atoms with E-state index in [2.05, 4.69) is 30.8 Å². The first-order chi connectivity index (χ1) is 17.2. The smallest absolute Gasteiger partial charge is 0.337 e. The number of aromatic nitrogens is 4. The van der Waals surface area contributed by atoms with Gasteiger partial charge in [-0.05, 0) is 18.2 Å². The first-order valence-electron chi connectivity index (χ1n) is 11.0. The fraction of sp³-hybridized carbons (Fsp3) is 0.364. The Balaban J connectivity index is 0.00000380. The topological polar surface area (TPSA) is 119 Å². The molecular formula is C22H23Cl2F4N7O2. The lowest BCUT2D eigenvalue weighted by Crippen LogP contribution is -2.46. The van der Waals surface area contributed by atoms with Gasteiger partial charge in [-0.1, -0.05) is 11.6 Å². The van der Waals surface area contributed by atoms with Gasteiger partial charge in [-0.15, -0.1) is 12.4 Å². The molecule has 2 amide bonds. The number of carbonyl (C=O) groups excluding carboxylic acids is 2. The molecule has 2 aromatic heterocycles. The molecule has 15 heteroatoms. The molecular weight excluding hydrogens is 541 g/mol. The molecule has 1 aliphatic rings. The highest BCUT2D eigenvalue weighted by Gasteiger charge is 2.38. The Morgan fingerprint density at radius 2 is 1.92 bits per heavy atom. The molecule has 0 spiro atoms. The van der Waals surface area contributed by atoms with E-state index in [-0.39, 0.29) is 59.0 Å². The van der Waals surface area contributed by atoms with Crippen LogP contribution in [0.25, 0.3) is 0 Å². The summed E-state index contributed by atoms with van der Waals surface area (Å²) in [7, 11) is 0. The van der Waals surface area contributed by atoms with Gasteiger partial charge < -0.3 is 20.5 Å². The minimum atomic E-state index is -4.72. The van der Waals surface area contributed by atoms with E-state index in [4.69, 9.17) is 11.6 Å². The van der Waals surface area contributed by atoms with Crippen molar-refractivity contribution in [3.05, 3.63) is 63.5 Å². The van der Waals surface area contributed by atoms with Crippen LogP contribution in [0.5, 0.6) is 0 Å². The van der Waals surface area contributed by atoms with Crippen molar-refractivity contribution in [1.29, 1.82) is 0 Å². The summed E-state index contributed by atoms with van der Waals surface area (Å²) in [5, 5.41) is 11.4. The van der Waals surface area contributed by atoms with Gasteiger partial charge in [0.25, 0.3) is 11.8 Å². The summed E-state index contributed by atoms with van der Waals surface area (Å²) in [6.45, 7) is 1.65. The highest BCUT2D eigenvalue weighted by molar-refractivity contribution is 6.34. The maximum Gasteiger partial charge on any atom is 0.435 e. The molecule has 1 saturated heterocycles. The highest BCUT2D eigenvalue weighted by Crippen LogP contribution is 2.33. The highest BCUT2D eigenvalue weighted by atomic mass is 35.5. The number of alkyl halides is 4. The van der Waals surface area contributed by atoms with E-state index in [1.54, 1.807) is 4.90 Å². The number of aryl methyl sites for hydroxylation is 1. The van der Waals surface area contributed by atoms with E-state index in [9.17, 15) is 27.2 Å². The molecule has 9 nitrogen and oxygen atoms in total. The zero-order chi connectivity index (χ0) is 25.9. The Kier molecular flexibility index (Phi) is 9.16. The number of anilines is 1. The number of piperazine rings is 1. The molecule has 1 fully saturated rings.